The predicted octanol–water partition coefficient (Wildman–Crippen LogP) is 3.71. The summed E-state index contributed by atoms with van der Waals surface area (Å²) < 4.78 is 46.2. The van der Waals surface area contributed by atoms with Crippen molar-refractivity contribution in [1.29, 1.82) is 0 Å². The molecule has 2 heterocycles. The summed E-state index contributed by atoms with van der Waals surface area (Å²) in [5, 5.41) is 7.93. The molecule has 0 unspecified atom stereocenters. The molecule has 0 radical (unpaired) electrons. The summed E-state index contributed by atoms with van der Waals surface area (Å²) in [6.45, 7) is 2.32. The number of anilines is 2. The second-order valence-electron chi connectivity index (χ2n) is 7.24. The normalized spacial score (nSPS) is 14.2. The van der Waals surface area contributed by atoms with Gasteiger partial charge in [-0.2, -0.15) is 0 Å². The number of halogens is 3. The number of aromatic nitrogens is 2. The highest BCUT2D eigenvalue weighted by atomic mass is 19.4. The maximum Gasteiger partial charge on any atom is 0.573 e. The van der Waals surface area contributed by atoms with Crippen molar-refractivity contribution in [2.45, 2.75) is 6.36 Å². The Balaban J connectivity index is 1.31. The minimum Gasteiger partial charge on any atom is -0.457 e. The lowest BCUT2D eigenvalue weighted by atomic mass is 10.1. The molecule has 0 spiro atoms. The molecule has 1 aliphatic rings. The summed E-state index contributed by atoms with van der Waals surface area (Å²) >= 11 is 0. The van der Waals surface area contributed by atoms with Crippen LogP contribution >= 0.6 is 0 Å². The van der Waals surface area contributed by atoms with Gasteiger partial charge in [-0.3, -0.25) is 4.79 Å². The number of nitrogens with zero attached hydrogens (tertiary/aromatic N) is 4. The van der Waals surface area contributed by atoms with Crippen molar-refractivity contribution in [2.75, 3.05) is 36.8 Å². The molecule has 0 bridgehead atoms. The topological polar surface area (TPSA) is 93.8 Å². The number of carbonyl (C=O) groups is 1. The van der Waals surface area contributed by atoms with Gasteiger partial charge in [-0.25, -0.2) is 0 Å². The first kappa shape index (κ1) is 22.2. The summed E-state index contributed by atoms with van der Waals surface area (Å²) in [5.74, 6) is 1.43. The number of benzene rings is 2. The van der Waals surface area contributed by atoms with E-state index in [0.717, 1.165) is 18.0 Å². The molecule has 1 aliphatic heterocycles. The largest absolute Gasteiger partial charge is 0.573 e. The molecule has 1 fully saturated rings. The molecule has 172 valence electrons. The maximum absolute atomic E-state index is 12.8. The van der Waals surface area contributed by atoms with Crippen molar-refractivity contribution in [3.63, 3.8) is 0 Å². The van der Waals surface area contributed by atoms with Gasteiger partial charge in [-0.05, 0) is 60.7 Å². The zero-order chi connectivity index (χ0) is 23.4. The van der Waals surface area contributed by atoms with Gasteiger partial charge in [0, 0.05) is 31.7 Å². The van der Waals surface area contributed by atoms with E-state index in [1.807, 2.05) is 4.90 Å². The number of hydrogen-bond donors (Lipinski definition) is 1. The van der Waals surface area contributed by atoms with Crippen LogP contribution in [0.5, 0.6) is 17.2 Å². The van der Waals surface area contributed by atoms with Gasteiger partial charge in [0.2, 0.25) is 0 Å². The molecule has 8 nitrogen and oxygen atoms in total. The summed E-state index contributed by atoms with van der Waals surface area (Å²) in [7, 11) is 0. The first-order chi connectivity index (χ1) is 15.8. The van der Waals surface area contributed by atoms with Gasteiger partial charge in [0.25, 0.3) is 5.91 Å². The molecule has 33 heavy (non-hydrogen) atoms. The van der Waals surface area contributed by atoms with E-state index in [-0.39, 0.29) is 11.7 Å². The lowest BCUT2D eigenvalue weighted by Crippen LogP contribution is -2.49. The van der Waals surface area contributed by atoms with E-state index < -0.39 is 6.36 Å². The zero-order valence-corrected chi connectivity index (χ0v) is 17.3. The predicted molar refractivity (Wildman–Crippen MR) is 114 cm³/mol. The van der Waals surface area contributed by atoms with Crippen LogP contribution in [0.1, 0.15) is 10.4 Å². The minimum atomic E-state index is -4.75. The molecular weight excluding hydrogens is 439 g/mol. The van der Waals surface area contributed by atoms with Crippen LogP contribution in [0.2, 0.25) is 0 Å². The molecule has 2 aromatic carbocycles. The third kappa shape index (κ3) is 5.82. The van der Waals surface area contributed by atoms with Crippen molar-refractivity contribution in [3.05, 3.63) is 66.2 Å². The second kappa shape index (κ2) is 9.23. The standard InChI is InChI=1S/C22H20F3N5O3/c23-22(24,25)33-18-7-5-17(6-8-18)32-16-3-1-15(2-4-16)21(31)30-13-11-29(12-14-30)20-10-9-19(26)27-28-20/h1-10H,11-14H2,(H2,26,27). The Kier molecular flexibility index (Phi) is 6.20. The van der Waals surface area contributed by atoms with Crippen LogP contribution in [-0.4, -0.2) is 53.5 Å². The molecule has 1 saturated heterocycles. The van der Waals surface area contributed by atoms with Crippen LogP contribution in [0.25, 0.3) is 0 Å². The van der Waals surface area contributed by atoms with Crippen molar-refractivity contribution in [3.8, 4) is 17.2 Å². The van der Waals surface area contributed by atoms with Crippen LogP contribution in [-0.2, 0) is 0 Å². The Morgan fingerprint density at radius 2 is 1.39 bits per heavy atom. The maximum atomic E-state index is 12.8. The molecule has 0 atom stereocenters. The fourth-order valence-electron chi connectivity index (χ4n) is 3.34. The van der Waals surface area contributed by atoms with E-state index in [1.54, 1.807) is 41.3 Å². The summed E-state index contributed by atoms with van der Waals surface area (Å²) in [5.41, 5.74) is 6.08. The zero-order valence-electron chi connectivity index (χ0n) is 17.3. The summed E-state index contributed by atoms with van der Waals surface area (Å²) in [4.78, 5) is 16.6. The number of piperazine rings is 1. The van der Waals surface area contributed by atoms with E-state index >= 15 is 0 Å². The molecular formula is C22H20F3N5O3. The molecule has 0 aliphatic carbocycles. The highest BCUT2D eigenvalue weighted by Gasteiger charge is 2.31. The van der Waals surface area contributed by atoms with Crippen molar-refractivity contribution in [1.82, 2.24) is 15.1 Å². The van der Waals surface area contributed by atoms with Crippen molar-refractivity contribution in [2.24, 2.45) is 0 Å². The molecule has 2 N–H and O–H groups in total. The van der Waals surface area contributed by atoms with Gasteiger partial charge in [-0.1, -0.05) is 0 Å². The van der Waals surface area contributed by atoms with Gasteiger partial charge >= 0.3 is 6.36 Å². The number of carbonyl (C=O) groups excluding carboxylic acids is 1. The Bertz CT molecular complexity index is 1080. The number of amides is 1. The van der Waals surface area contributed by atoms with E-state index in [4.69, 9.17) is 10.5 Å². The first-order valence-electron chi connectivity index (χ1n) is 10.0. The number of rotatable bonds is 5. The van der Waals surface area contributed by atoms with E-state index in [9.17, 15) is 18.0 Å². The average Bonchev–Trinajstić information content (AvgIpc) is 2.80. The van der Waals surface area contributed by atoms with Crippen LogP contribution < -0.4 is 20.1 Å². The van der Waals surface area contributed by atoms with Gasteiger partial charge < -0.3 is 25.0 Å². The SMILES string of the molecule is Nc1ccc(N2CCN(C(=O)c3ccc(Oc4ccc(OC(F)(F)F)cc4)cc3)CC2)nn1. The number of nitrogens with two attached hydrogens (primary N) is 1. The smallest absolute Gasteiger partial charge is 0.457 e. The van der Waals surface area contributed by atoms with E-state index in [2.05, 4.69) is 14.9 Å². The van der Waals surface area contributed by atoms with Gasteiger partial charge in [0.05, 0.1) is 0 Å². The van der Waals surface area contributed by atoms with Crippen LogP contribution in [0, 0.1) is 0 Å². The van der Waals surface area contributed by atoms with Crippen molar-refractivity contribution >= 4 is 17.5 Å². The number of nitrogen functional groups attached to an aromatic ring is 1. The lowest BCUT2D eigenvalue weighted by Gasteiger charge is -2.35. The number of ether oxygens (including phenoxy) is 2. The highest BCUT2D eigenvalue weighted by molar-refractivity contribution is 5.94. The quantitative estimate of drug-likeness (QED) is 0.622. The number of alkyl halides is 3. The average molecular weight is 459 g/mol. The van der Waals surface area contributed by atoms with E-state index in [0.29, 0.717) is 49.1 Å². The molecule has 1 amide bonds. The summed E-state index contributed by atoms with van der Waals surface area (Å²) in [6.07, 6.45) is -4.75. The molecule has 0 saturated carbocycles. The van der Waals surface area contributed by atoms with Crippen molar-refractivity contribution < 1.29 is 27.4 Å². The highest BCUT2D eigenvalue weighted by Crippen LogP contribution is 2.27. The lowest BCUT2D eigenvalue weighted by molar-refractivity contribution is -0.274. The molecule has 4 rings (SSSR count). The Morgan fingerprint density at radius 3 is 1.94 bits per heavy atom. The second-order valence-corrected chi connectivity index (χ2v) is 7.24. The van der Waals surface area contributed by atoms with Crippen LogP contribution in [0.3, 0.4) is 0 Å². The molecule has 3 aromatic rings. The fraction of sp³-hybridized carbons (Fsp3) is 0.227. The van der Waals surface area contributed by atoms with Gasteiger partial charge in [0.1, 0.15) is 23.1 Å². The monoisotopic (exact) mass is 459 g/mol. The summed E-state index contributed by atoms with van der Waals surface area (Å²) in [6, 6.07) is 15.1. The van der Waals surface area contributed by atoms with E-state index in [1.165, 1.54) is 12.1 Å². The third-order valence-electron chi connectivity index (χ3n) is 4.96. The Morgan fingerprint density at radius 1 is 0.818 bits per heavy atom. The van der Waals surface area contributed by atoms with Gasteiger partial charge in [0.15, 0.2) is 5.82 Å². The number of hydrogen-bond acceptors (Lipinski definition) is 7. The molecule has 11 heteroatoms. The van der Waals surface area contributed by atoms with Crippen LogP contribution in [0.15, 0.2) is 60.7 Å². The minimum absolute atomic E-state index is 0.0988. The Labute approximate surface area is 187 Å². The fourth-order valence-corrected chi connectivity index (χ4v) is 3.34. The van der Waals surface area contributed by atoms with Crippen LogP contribution in [0.4, 0.5) is 24.8 Å². The molecule has 1 aromatic heterocycles. The Hall–Kier alpha value is -4.02. The first-order valence-corrected chi connectivity index (χ1v) is 10.0. The third-order valence-corrected chi connectivity index (χ3v) is 4.96. The van der Waals surface area contributed by atoms with Gasteiger partial charge in [-0.15, -0.1) is 23.4 Å².